The van der Waals surface area contributed by atoms with Crippen molar-refractivity contribution in [3.63, 3.8) is 0 Å². The Kier molecular flexibility index (Phi) is 12.1. The van der Waals surface area contributed by atoms with E-state index in [1.807, 2.05) is 6.92 Å². The second kappa shape index (κ2) is 10.4. The monoisotopic (exact) mass is 178 g/mol. The Morgan fingerprint density at radius 2 is 1.92 bits per heavy atom. The van der Waals surface area contributed by atoms with Crippen molar-refractivity contribution >= 4 is 5.97 Å². The Morgan fingerprint density at radius 1 is 1.50 bits per heavy atom. The third kappa shape index (κ3) is 16.2. The molecule has 0 saturated heterocycles. The fraction of sp³-hybridized carbons (Fsp3) is 0.875. The number of ether oxygens (including phenoxy) is 2. The predicted octanol–water partition coefficient (Wildman–Crippen LogP) is 0.931. The Bertz CT molecular complexity index is 103. The molecule has 0 saturated carbocycles. The van der Waals surface area contributed by atoms with Gasteiger partial charge in [0, 0.05) is 27.6 Å². The van der Waals surface area contributed by atoms with Crippen molar-refractivity contribution in [2.75, 3.05) is 14.2 Å². The van der Waals surface area contributed by atoms with E-state index in [9.17, 15) is 4.79 Å². The normalized spacial score (nSPS) is 11.1. The van der Waals surface area contributed by atoms with Crippen molar-refractivity contribution < 1.29 is 19.4 Å². The first kappa shape index (κ1) is 13.9. The summed E-state index contributed by atoms with van der Waals surface area (Å²) >= 11 is 0. The molecule has 0 rings (SSSR count). The summed E-state index contributed by atoms with van der Waals surface area (Å²) in [5.41, 5.74) is 0. The van der Waals surface area contributed by atoms with Crippen LogP contribution in [0, 0.1) is 0 Å². The maximum absolute atomic E-state index is 10.1. The number of hydrogen-bond donors (Lipinski definition) is 1. The highest BCUT2D eigenvalue weighted by atomic mass is 16.6. The second-order valence-electron chi connectivity index (χ2n) is 2.26. The number of aliphatic hydroxyl groups is 1. The number of hydrogen-bond acceptors (Lipinski definition) is 4. The van der Waals surface area contributed by atoms with Crippen molar-refractivity contribution in [1.29, 1.82) is 0 Å². The lowest BCUT2D eigenvalue weighted by Gasteiger charge is -2.07. The van der Waals surface area contributed by atoms with Gasteiger partial charge in [-0.2, -0.15) is 0 Å². The van der Waals surface area contributed by atoms with Crippen LogP contribution in [-0.2, 0) is 14.3 Å². The SMILES string of the molecule is CCCC(O)OC(C)=O.COC. The number of carbonyl (C=O) groups excluding carboxylic acids is 1. The van der Waals surface area contributed by atoms with E-state index in [-0.39, 0.29) is 0 Å². The van der Waals surface area contributed by atoms with E-state index < -0.39 is 12.3 Å². The average Bonchev–Trinajstić information content (AvgIpc) is 1.87. The number of methoxy groups -OCH3 is 1. The first-order valence-corrected chi connectivity index (χ1v) is 3.83. The summed E-state index contributed by atoms with van der Waals surface area (Å²) in [5.74, 6) is -0.434. The molecule has 0 aromatic heterocycles. The predicted molar refractivity (Wildman–Crippen MR) is 45.6 cm³/mol. The molecule has 4 heteroatoms. The maximum Gasteiger partial charge on any atom is 0.304 e. The summed E-state index contributed by atoms with van der Waals surface area (Å²) < 4.78 is 8.66. The van der Waals surface area contributed by atoms with Crippen LogP contribution in [0.2, 0.25) is 0 Å². The topological polar surface area (TPSA) is 55.8 Å². The van der Waals surface area contributed by atoms with E-state index in [1.165, 1.54) is 6.92 Å². The quantitative estimate of drug-likeness (QED) is 0.516. The molecule has 1 atom stereocenters. The number of aliphatic hydroxyl groups excluding tert-OH is 1. The minimum Gasteiger partial charge on any atom is -0.436 e. The Morgan fingerprint density at radius 3 is 2.17 bits per heavy atom. The molecule has 0 aliphatic carbocycles. The van der Waals surface area contributed by atoms with Gasteiger partial charge in [0.15, 0.2) is 0 Å². The Labute approximate surface area is 73.5 Å². The minimum atomic E-state index is -0.910. The van der Waals surface area contributed by atoms with Gasteiger partial charge in [0.1, 0.15) is 0 Å². The van der Waals surface area contributed by atoms with E-state index in [0.717, 1.165) is 6.42 Å². The highest BCUT2D eigenvalue weighted by Crippen LogP contribution is 1.96. The van der Waals surface area contributed by atoms with Crippen molar-refractivity contribution in [2.45, 2.75) is 33.0 Å². The first-order chi connectivity index (χ1) is 5.58. The summed E-state index contributed by atoms with van der Waals surface area (Å²) in [6.45, 7) is 3.19. The standard InChI is InChI=1S/C6H12O3.C2H6O/c1-3-4-6(8)9-5(2)7;1-3-2/h6,8H,3-4H2,1-2H3;1-2H3. The van der Waals surface area contributed by atoms with Crippen LogP contribution in [0.3, 0.4) is 0 Å². The maximum atomic E-state index is 10.1. The van der Waals surface area contributed by atoms with Crippen LogP contribution in [0.4, 0.5) is 0 Å². The van der Waals surface area contributed by atoms with E-state index in [4.69, 9.17) is 5.11 Å². The molecule has 0 aliphatic rings. The summed E-state index contributed by atoms with van der Waals surface area (Å²) in [4.78, 5) is 10.1. The second-order valence-corrected chi connectivity index (χ2v) is 2.26. The molecule has 0 aliphatic heterocycles. The lowest BCUT2D eigenvalue weighted by Crippen LogP contribution is -2.14. The molecule has 0 aromatic carbocycles. The minimum absolute atomic E-state index is 0.434. The van der Waals surface area contributed by atoms with Crippen LogP contribution >= 0.6 is 0 Å². The largest absolute Gasteiger partial charge is 0.436 e. The molecule has 0 heterocycles. The molecule has 0 spiro atoms. The lowest BCUT2D eigenvalue weighted by molar-refractivity contribution is -0.165. The smallest absolute Gasteiger partial charge is 0.304 e. The number of rotatable bonds is 3. The van der Waals surface area contributed by atoms with Crippen LogP contribution in [0.25, 0.3) is 0 Å². The molecule has 1 N–H and O–H groups in total. The van der Waals surface area contributed by atoms with Crippen LogP contribution in [0.5, 0.6) is 0 Å². The Balaban J connectivity index is 0. The zero-order chi connectivity index (χ0) is 9.98. The highest BCUT2D eigenvalue weighted by Gasteiger charge is 2.03. The van der Waals surface area contributed by atoms with E-state index in [2.05, 4.69) is 9.47 Å². The van der Waals surface area contributed by atoms with E-state index in [0.29, 0.717) is 6.42 Å². The van der Waals surface area contributed by atoms with Gasteiger partial charge in [0.2, 0.25) is 6.29 Å². The van der Waals surface area contributed by atoms with Crippen LogP contribution in [0.15, 0.2) is 0 Å². The molecule has 1 unspecified atom stereocenters. The molecule has 74 valence electrons. The number of esters is 1. The lowest BCUT2D eigenvalue weighted by atomic mass is 10.3. The van der Waals surface area contributed by atoms with Gasteiger partial charge in [-0.3, -0.25) is 4.79 Å². The summed E-state index contributed by atoms with van der Waals surface area (Å²) in [6, 6.07) is 0. The molecule has 4 nitrogen and oxygen atoms in total. The van der Waals surface area contributed by atoms with Gasteiger partial charge in [-0.05, 0) is 0 Å². The van der Waals surface area contributed by atoms with Gasteiger partial charge >= 0.3 is 5.97 Å². The molecular formula is C8H18O4. The number of carbonyl (C=O) groups is 1. The van der Waals surface area contributed by atoms with Crippen LogP contribution < -0.4 is 0 Å². The summed E-state index contributed by atoms with van der Waals surface area (Å²) in [6.07, 6.45) is 0.418. The van der Waals surface area contributed by atoms with E-state index >= 15 is 0 Å². The molecule has 0 aromatic rings. The van der Waals surface area contributed by atoms with Gasteiger partial charge in [0.25, 0.3) is 0 Å². The van der Waals surface area contributed by atoms with Gasteiger partial charge in [-0.15, -0.1) is 0 Å². The third-order valence-electron chi connectivity index (χ3n) is 0.838. The summed E-state index contributed by atoms with van der Waals surface area (Å²) in [5, 5.41) is 8.78. The van der Waals surface area contributed by atoms with E-state index in [1.54, 1.807) is 14.2 Å². The summed E-state index contributed by atoms with van der Waals surface area (Å²) in [7, 11) is 3.25. The van der Waals surface area contributed by atoms with Gasteiger partial charge in [-0.1, -0.05) is 13.3 Å². The van der Waals surface area contributed by atoms with Crippen molar-refractivity contribution in [1.82, 2.24) is 0 Å². The van der Waals surface area contributed by atoms with Crippen molar-refractivity contribution in [3.8, 4) is 0 Å². The van der Waals surface area contributed by atoms with Crippen molar-refractivity contribution in [2.24, 2.45) is 0 Å². The van der Waals surface area contributed by atoms with Crippen LogP contribution in [0.1, 0.15) is 26.7 Å². The van der Waals surface area contributed by atoms with Gasteiger partial charge < -0.3 is 14.6 Å². The molecule has 0 bridgehead atoms. The Hall–Kier alpha value is -0.610. The third-order valence-corrected chi connectivity index (χ3v) is 0.838. The van der Waals surface area contributed by atoms with Crippen LogP contribution in [-0.4, -0.2) is 31.6 Å². The van der Waals surface area contributed by atoms with Gasteiger partial charge in [0.05, 0.1) is 0 Å². The zero-order valence-electron chi connectivity index (χ0n) is 8.16. The molecular weight excluding hydrogens is 160 g/mol. The molecule has 0 fully saturated rings. The fourth-order valence-electron chi connectivity index (χ4n) is 0.497. The average molecular weight is 178 g/mol. The first-order valence-electron chi connectivity index (χ1n) is 3.83. The zero-order valence-corrected chi connectivity index (χ0v) is 8.16. The highest BCUT2D eigenvalue weighted by molar-refractivity contribution is 5.65. The molecule has 0 radical (unpaired) electrons. The fourth-order valence-corrected chi connectivity index (χ4v) is 0.497. The molecule has 12 heavy (non-hydrogen) atoms. The van der Waals surface area contributed by atoms with Gasteiger partial charge in [-0.25, -0.2) is 0 Å². The molecule has 0 amide bonds. The van der Waals surface area contributed by atoms with Crippen molar-refractivity contribution in [3.05, 3.63) is 0 Å².